The van der Waals surface area contributed by atoms with Crippen LogP contribution in [0.15, 0.2) is 71.2 Å². The molecule has 32 heavy (non-hydrogen) atoms. The molecular formula is C23H19FN6OS. The lowest BCUT2D eigenvalue weighted by Gasteiger charge is -2.37. The average molecular weight is 447 g/mol. The van der Waals surface area contributed by atoms with Crippen LogP contribution in [0.1, 0.15) is 11.7 Å². The van der Waals surface area contributed by atoms with Gasteiger partial charge in [-0.3, -0.25) is 9.88 Å². The van der Waals surface area contributed by atoms with Gasteiger partial charge in [0.05, 0.1) is 13.2 Å². The van der Waals surface area contributed by atoms with E-state index in [9.17, 15) is 4.39 Å². The maximum atomic E-state index is 13.4. The Balaban J connectivity index is 1.47. The van der Waals surface area contributed by atoms with Crippen LogP contribution in [0.3, 0.4) is 0 Å². The van der Waals surface area contributed by atoms with E-state index >= 15 is 0 Å². The Morgan fingerprint density at radius 1 is 1.00 bits per heavy atom. The molecule has 0 N–H and O–H groups in total. The van der Waals surface area contributed by atoms with Gasteiger partial charge < -0.3 is 4.74 Å². The number of hydrogen-bond donors (Lipinski definition) is 0. The largest absolute Gasteiger partial charge is 0.379 e. The zero-order valence-corrected chi connectivity index (χ0v) is 17.9. The second kappa shape index (κ2) is 8.09. The number of benzene rings is 1. The molecule has 1 atom stereocenters. The third-order valence-electron chi connectivity index (χ3n) is 5.67. The lowest BCUT2D eigenvalue weighted by molar-refractivity contribution is 0.00286. The number of hydrogen-bond acceptors (Lipinski definition) is 7. The minimum absolute atomic E-state index is 0.143. The molecule has 3 aromatic heterocycles. The van der Waals surface area contributed by atoms with Gasteiger partial charge in [0.15, 0.2) is 11.0 Å². The maximum absolute atomic E-state index is 13.4. The van der Waals surface area contributed by atoms with E-state index in [1.165, 1.54) is 23.9 Å². The molecule has 1 unspecified atom stereocenters. The summed E-state index contributed by atoms with van der Waals surface area (Å²) >= 11 is 1.51. The zero-order chi connectivity index (χ0) is 21.5. The summed E-state index contributed by atoms with van der Waals surface area (Å²) in [5.41, 5.74) is 3.81. The highest BCUT2D eigenvalue weighted by Gasteiger charge is 2.35. The first-order valence-electron chi connectivity index (χ1n) is 10.4. The number of halogens is 1. The van der Waals surface area contributed by atoms with E-state index in [4.69, 9.17) is 19.8 Å². The Morgan fingerprint density at radius 2 is 1.84 bits per heavy atom. The number of ether oxygens (including phenoxy) is 1. The number of rotatable bonds is 3. The Hall–Kier alpha value is -3.14. The molecule has 1 fully saturated rings. The summed E-state index contributed by atoms with van der Waals surface area (Å²) in [6.07, 6.45) is 5.20. The lowest BCUT2D eigenvalue weighted by atomic mass is 10.0. The van der Waals surface area contributed by atoms with E-state index in [2.05, 4.69) is 16.0 Å². The number of pyridine rings is 2. The first-order chi connectivity index (χ1) is 15.8. The van der Waals surface area contributed by atoms with E-state index in [0.717, 1.165) is 45.5 Å². The Morgan fingerprint density at radius 3 is 2.62 bits per heavy atom. The second-order valence-corrected chi connectivity index (χ2v) is 8.61. The summed E-state index contributed by atoms with van der Waals surface area (Å²) in [7, 11) is 0. The molecule has 5 heterocycles. The van der Waals surface area contributed by atoms with Gasteiger partial charge in [0, 0.05) is 48.4 Å². The third-order valence-corrected chi connectivity index (χ3v) is 6.66. The van der Waals surface area contributed by atoms with E-state index in [0.29, 0.717) is 19.0 Å². The van der Waals surface area contributed by atoms with Crippen molar-refractivity contribution in [2.75, 3.05) is 26.3 Å². The first kappa shape index (κ1) is 19.5. The summed E-state index contributed by atoms with van der Waals surface area (Å²) in [4.78, 5) is 16.1. The van der Waals surface area contributed by atoms with Crippen LogP contribution in [0.25, 0.3) is 22.5 Å². The Labute approximate surface area is 188 Å². The SMILES string of the molecule is Fc1ccc(-c2cnc3c(c2)C(N2CCOCC2)n2nc(-c4cccnc4)nc2S3)cc1. The zero-order valence-electron chi connectivity index (χ0n) is 17.1. The van der Waals surface area contributed by atoms with Crippen molar-refractivity contribution in [2.24, 2.45) is 0 Å². The van der Waals surface area contributed by atoms with Crippen LogP contribution in [0.5, 0.6) is 0 Å². The lowest BCUT2D eigenvalue weighted by Crippen LogP contribution is -2.43. The van der Waals surface area contributed by atoms with E-state index < -0.39 is 0 Å². The Kier molecular flexibility index (Phi) is 4.94. The number of fused-ring (bicyclic) bond motifs is 2. The molecule has 0 saturated carbocycles. The van der Waals surface area contributed by atoms with Gasteiger partial charge in [0.2, 0.25) is 0 Å². The molecule has 2 aliphatic heterocycles. The molecule has 9 heteroatoms. The summed E-state index contributed by atoms with van der Waals surface area (Å²) in [6, 6.07) is 12.5. The van der Waals surface area contributed by atoms with Crippen molar-refractivity contribution in [1.29, 1.82) is 0 Å². The first-order valence-corrected chi connectivity index (χ1v) is 11.2. The van der Waals surface area contributed by atoms with Crippen LogP contribution in [-0.4, -0.2) is 55.9 Å². The molecule has 6 rings (SSSR count). The number of morpholine rings is 1. The fourth-order valence-corrected chi connectivity index (χ4v) is 5.01. The monoisotopic (exact) mass is 446 g/mol. The topological polar surface area (TPSA) is 69.0 Å². The highest BCUT2D eigenvalue weighted by molar-refractivity contribution is 7.99. The smallest absolute Gasteiger partial charge is 0.194 e. The molecule has 4 aromatic rings. The van der Waals surface area contributed by atoms with Gasteiger partial charge in [0.1, 0.15) is 17.0 Å². The molecule has 2 aliphatic rings. The van der Waals surface area contributed by atoms with Crippen LogP contribution in [0.4, 0.5) is 4.39 Å². The molecule has 7 nitrogen and oxygen atoms in total. The van der Waals surface area contributed by atoms with E-state index in [1.807, 2.05) is 23.0 Å². The minimum atomic E-state index is -0.253. The Bertz CT molecular complexity index is 1260. The van der Waals surface area contributed by atoms with E-state index in [1.54, 1.807) is 24.5 Å². The van der Waals surface area contributed by atoms with Gasteiger partial charge >= 0.3 is 0 Å². The van der Waals surface area contributed by atoms with Crippen molar-refractivity contribution >= 4 is 11.8 Å². The molecule has 160 valence electrons. The molecule has 0 aliphatic carbocycles. The van der Waals surface area contributed by atoms with Gasteiger partial charge in [-0.2, -0.15) is 0 Å². The van der Waals surface area contributed by atoms with Crippen molar-refractivity contribution < 1.29 is 9.13 Å². The van der Waals surface area contributed by atoms with Crippen molar-refractivity contribution in [3.8, 4) is 22.5 Å². The van der Waals surface area contributed by atoms with Crippen LogP contribution < -0.4 is 0 Å². The van der Waals surface area contributed by atoms with Crippen molar-refractivity contribution in [3.63, 3.8) is 0 Å². The number of nitrogens with zero attached hydrogens (tertiary/aromatic N) is 6. The molecule has 0 bridgehead atoms. The molecule has 1 saturated heterocycles. The van der Waals surface area contributed by atoms with Crippen molar-refractivity contribution in [3.05, 3.63) is 72.4 Å². The summed E-state index contributed by atoms with van der Waals surface area (Å²) in [5, 5.41) is 6.58. The fraction of sp³-hybridized carbons (Fsp3) is 0.217. The van der Waals surface area contributed by atoms with Crippen LogP contribution in [-0.2, 0) is 4.74 Å². The normalized spacial score (nSPS) is 18.2. The van der Waals surface area contributed by atoms with Crippen LogP contribution in [0, 0.1) is 5.82 Å². The highest BCUT2D eigenvalue weighted by atomic mass is 32.2. The summed E-state index contributed by atoms with van der Waals surface area (Å²) in [6.45, 7) is 2.92. The van der Waals surface area contributed by atoms with Crippen molar-refractivity contribution in [2.45, 2.75) is 16.3 Å². The molecule has 0 spiro atoms. The van der Waals surface area contributed by atoms with Gasteiger partial charge in [-0.15, -0.1) is 5.10 Å². The van der Waals surface area contributed by atoms with Gasteiger partial charge in [-0.25, -0.2) is 19.0 Å². The van der Waals surface area contributed by atoms with Gasteiger partial charge in [-0.05, 0) is 47.7 Å². The standard InChI is InChI=1S/C23H19FN6OS/c24-18-5-3-15(4-6-18)17-12-19-21(26-14-17)32-23-27-20(16-2-1-7-25-13-16)28-30(23)22(19)29-8-10-31-11-9-29/h1-7,12-14,22H,8-11H2. The highest BCUT2D eigenvalue weighted by Crippen LogP contribution is 2.43. The van der Waals surface area contributed by atoms with Crippen LogP contribution in [0.2, 0.25) is 0 Å². The molecule has 1 aromatic carbocycles. The predicted molar refractivity (Wildman–Crippen MR) is 118 cm³/mol. The quantitative estimate of drug-likeness (QED) is 0.473. The predicted octanol–water partition coefficient (Wildman–Crippen LogP) is 3.88. The average Bonchev–Trinajstić information content (AvgIpc) is 3.27. The maximum Gasteiger partial charge on any atom is 0.194 e. The van der Waals surface area contributed by atoms with Gasteiger partial charge in [-0.1, -0.05) is 12.1 Å². The molecular weight excluding hydrogens is 427 g/mol. The second-order valence-electron chi connectivity index (χ2n) is 7.65. The van der Waals surface area contributed by atoms with E-state index in [-0.39, 0.29) is 12.0 Å². The number of aromatic nitrogens is 5. The summed E-state index contributed by atoms with van der Waals surface area (Å²) in [5.74, 6) is 0.391. The van der Waals surface area contributed by atoms with Crippen molar-refractivity contribution in [1.82, 2.24) is 29.6 Å². The minimum Gasteiger partial charge on any atom is -0.379 e. The molecule has 0 amide bonds. The molecule has 0 radical (unpaired) electrons. The van der Waals surface area contributed by atoms with Gasteiger partial charge in [0.25, 0.3) is 0 Å². The van der Waals surface area contributed by atoms with Crippen LogP contribution >= 0.6 is 11.8 Å². The summed E-state index contributed by atoms with van der Waals surface area (Å²) < 4.78 is 21.0. The fourth-order valence-electron chi connectivity index (χ4n) is 4.09. The third kappa shape index (κ3) is 3.48.